The number of hydrogen-bond donors (Lipinski definition) is 0. The molecule has 0 amide bonds. The fourth-order valence-corrected chi connectivity index (χ4v) is 2.12. The summed E-state index contributed by atoms with van der Waals surface area (Å²) in [4.78, 5) is 5.07. The highest BCUT2D eigenvalue weighted by Gasteiger charge is 2.17. The standard InChI is InChI=1S/C14H30N2O.C2H4/c1-13(2)5-11-17-12-10-15-6-8-16(9-7-15)14(3)4;1-2/h13-14H,5-12H2,1-4H3;1-2H2. The zero-order chi connectivity index (χ0) is 14.7. The summed E-state index contributed by atoms with van der Waals surface area (Å²) < 4.78 is 5.67. The summed E-state index contributed by atoms with van der Waals surface area (Å²) >= 11 is 0. The van der Waals surface area contributed by atoms with Crippen LogP contribution >= 0.6 is 0 Å². The molecule has 1 rings (SSSR count). The van der Waals surface area contributed by atoms with Gasteiger partial charge >= 0.3 is 0 Å². The lowest BCUT2D eigenvalue weighted by Crippen LogP contribution is -2.49. The quantitative estimate of drug-likeness (QED) is 0.522. The van der Waals surface area contributed by atoms with E-state index >= 15 is 0 Å². The van der Waals surface area contributed by atoms with E-state index in [-0.39, 0.29) is 0 Å². The Labute approximate surface area is 120 Å². The van der Waals surface area contributed by atoms with Crippen molar-refractivity contribution in [1.82, 2.24) is 9.80 Å². The molecule has 0 aromatic carbocycles. The van der Waals surface area contributed by atoms with E-state index in [1.807, 2.05) is 0 Å². The molecule has 1 fully saturated rings. The Balaban J connectivity index is 0.00000154. The van der Waals surface area contributed by atoms with Crippen molar-refractivity contribution in [3.63, 3.8) is 0 Å². The Morgan fingerprint density at radius 3 is 2.00 bits per heavy atom. The van der Waals surface area contributed by atoms with Crippen molar-refractivity contribution in [2.24, 2.45) is 5.92 Å². The Bertz CT molecular complexity index is 199. The Morgan fingerprint density at radius 2 is 1.53 bits per heavy atom. The lowest BCUT2D eigenvalue weighted by molar-refractivity contribution is 0.0632. The largest absolute Gasteiger partial charge is 0.380 e. The van der Waals surface area contributed by atoms with Crippen molar-refractivity contribution in [2.45, 2.75) is 40.2 Å². The molecule has 1 heterocycles. The third-order valence-electron chi connectivity index (χ3n) is 3.53. The molecule has 3 heteroatoms. The SMILES string of the molecule is C=C.CC(C)CCOCCN1CCN(C(C)C)CC1. The smallest absolute Gasteiger partial charge is 0.0593 e. The van der Waals surface area contributed by atoms with Crippen molar-refractivity contribution in [2.75, 3.05) is 45.9 Å². The second-order valence-corrected chi connectivity index (χ2v) is 5.77. The zero-order valence-corrected chi connectivity index (χ0v) is 13.5. The molecule has 0 aromatic heterocycles. The monoisotopic (exact) mass is 270 g/mol. The summed E-state index contributed by atoms with van der Waals surface area (Å²) in [5.41, 5.74) is 0. The average molecular weight is 270 g/mol. The molecular weight excluding hydrogens is 236 g/mol. The van der Waals surface area contributed by atoms with Crippen LogP contribution in [0.1, 0.15) is 34.1 Å². The van der Waals surface area contributed by atoms with Crippen LogP contribution < -0.4 is 0 Å². The van der Waals surface area contributed by atoms with Crippen LogP contribution in [0.3, 0.4) is 0 Å². The summed E-state index contributed by atoms with van der Waals surface area (Å²) in [6.07, 6.45) is 1.18. The van der Waals surface area contributed by atoms with E-state index in [0.29, 0.717) is 6.04 Å². The van der Waals surface area contributed by atoms with Crippen LogP contribution in [0.5, 0.6) is 0 Å². The molecule has 0 saturated carbocycles. The van der Waals surface area contributed by atoms with Gasteiger partial charge in [0.2, 0.25) is 0 Å². The molecule has 3 nitrogen and oxygen atoms in total. The first-order chi connectivity index (χ1) is 9.09. The third-order valence-corrected chi connectivity index (χ3v) is 3.53. The fourth-order valence-electron chi connectivity index (χ4n) is 2.12. The maximum atomic E-state index is 5.67. The van der Waals surface area contributed by atoms with Gasteiger partial charge in [-0.2, -0.15) is 0 Å². The normalized spacial score (nSPS) is 17.6. The van der Waals surface area contributed by atoms with Crippen molar-refractivity contribution in [1.29, 1.82) is 0 Å². The lowest BCUT2D eigenvalue weighted by atomic mass is 10.1. The molecule has 1 aliphatic heterocycles. The van der Waals surface area contributed by atoms with Crippen molar-refractivity contribution < 1.29 is 4.74 Å². The number of nitrogens with zero attached hydrogens (tertiary/aromatic N) is 2. The van der Waals surface area contributed by atoms with E-state index in [1.165, 1.54) is 32.6 Å². The first kappa shape index (κ1) is 18.6. The van der Waals surface area contributed by atoms with Crippen molar-refractivity contribution in [3.05, 3.63) is 13.2 Å². The van der Waals surface area contributed by atoms with Gasteiger partial charge in [0.1, 0.15) is 0 Å². The molecule has 0 unspecified atom stereocenters. The lowest BCUT2D eigenvalue weighted by Gasteiger charge is -2.36. The van der Waals surface area contributed by atoms with Crippen LogP contribution in [0.15, 0.2) is 13.2 Å². The molecule has 0 aromatic rings. The van der Waals surface area contributed by atoms with Crippen LogP contribution in [-0.4, -0.2) is 61.8 Å². The minimum atomic E-state index is 0.694. The highest BCUT2D eigenvalue weighted by atomic mass is 16.5. The van der Waals surface area contributed by atoms with E-state index in [1.54, 1.807) is 0 Å². The van der Waals surface area contributed by atoms with Crippen molar-refractivity contribution in [3.8, 4) is 0 Å². The van der Waals surface area contributed by atoms with Gasteiger partial charge in [0.25, 0.3) is 0 Å². The molecule has 0 N–H and O–H groups in total. The van der Waals surface area contributed by atoms with Crippen LogP contribution in [0.4, 0.5) is 0 Å². The van der Waals surface area contributed by atoms with Crippen LogP contribution in [-0.2, 0) is 4.74 Å². The van der Waals surface area contributed by atoms with Gasteiger partial charge < -0.3 is 4.74 Å². The Hall–Kier alpha value is -0.380. The maximum Gasteiger partial charge on any atom is 0.0593 e. The summed E-state index contributed by atoms with van der Waals surface area (Å²) in [5, 5.41) is 0. The van der Waals surface area contributed by atoms with Crippen LogP contribution in [0.25, 0.3) is 0 Å². The van der Waals surface area contributed by atoms with E-state index in [4.69, 9.17) is 4.74 Å². The van der Waals surface area contributed by atoms with Crippen LogP contribution in [0, 0.1) is 5.92 Å². The zero-order valence-electron chi connectivity index (χ0n) is 13.5. The summed E-state index contributed by atoms with van der Waals surface area (Å²) in [6.45, 7) is 22.8. The molecule has 1 saturated heterocycles. The number of hydrogen-bond acceptors (Lipinski definition) is 3. The molecule has 0 atom stereocenters. The van der Waals surface area contributed by atoms with Gasteiger partial charge in [-0.15, -0.1) is 13.2 Å². The van der Waals surface area contributed by atoms with Gasteiger partial charge in [-0.25, -0.2) is 0 Å². The molecule has 1 aliphatic rings. The molecule has 0 radical (unpaired) electrons. The second kappa shape index (κ2) is 11.4. The molecule has 0 aliphatic carbocycles. The van der Waals surface area contributed by atoms with E-state index < -0.39 is 0 Å². The van der Waals surface area contributed by atoms with E-state index in [9.17, 15) is 0 Å². The minimum Gasteiger partial charge on any atom is -0.380 e. The summed E-state index contributed by atoms with van der Waals surface area (Å²) in [6, 6.07) is 0.694. The predicted octanol–water partition coefficient (Wildman–Crippen LogP) is 2.88. The topological polar surface area (TPSA) is 15.7 Å². The fraction of sp³-hybridized carbons (Fsp3) is 0.875. The highest BCUT2D eigenvalue weighted by molar-refractivity contribution is 4.73. The molecular formula is C16H34N2O. The number of ether oxygens (including phenoxy) is 1. The van der Waals surface area contributed by atoms with Gasteiger partial charge in [-0.1, -0.05) is 13.8 Å². The van der Waals surface area contributed by atoms with E-state index in [0.717, 1.165) is 25.7 Å². The molecule has 19 heavy (non-hydrogen) atoms. The number of piperazine rings is 1. The maximum absolute atomic E-state index is 5.67. The summed E-state index contributed by atoms with van der Waals surface area (Å²) in [7, 11) is 0. The summed E-state index contributed by atoms with van der Waals surface area (Å²) in [5.74, 6) is 0.754. The van der Waals surface area contributed by atoms with E-state index in [2.05, 4.69) is 50.7 Å². The third kappa shape index (κ3) is 9.20. The Kier molecular flexibility index (Phi) is 11.2. The highest BCUT2D eigenvalue weighted by Crippen LogP contribution is 2.05. The van der Waals surface area contributed by atoms with Crippen LogP contribution in [0.2, 0.25) is 0 Å². The first-order valence-corrected chi connectivity index (χ1v) is 7.63. The Morgan fingerprint density at radius 1 is 0.947 bits per heavy atom. The van der Waals surface area contributed by atoms with Gasteiger partial charge in [-0.05, 0) is 26.2 Å². The molecule has 114 valence electrons. The van der Waals surface area contributed by atoms with Gasteiger partial charge in [-0.3, -0.25) is 9.80 Å². The molecule has 0 bridgehead atoms. The van der Waals surface area contributed by atoms with Gasteiger partial charge in [0.05, 0.1) is 6.61 Å². The van der Waals surface area contributed by atoms with Crippen molar-refractivity contribution >= 4 is 0 Å². The second-order valence-electron chi connectivity index (χ2n) is 5.77. The molecule has 0 spiro atoms. The average Bonchev–Trinajstić information content (AvgIpc) is 2.41. The predicted molar refractivity (Wildman–Crippen MR) is 84.7 cm³/mol. The number of rotatable bonds is 7. The minimum absolute atomic E-state index is 0.694. The first-order valence-electron chi connectivity index (χ1n) is 7.63. The van der Waals surface area contributed by atoms with Gasteiger partial charge in [0, 0.05) is 45.4 Å². The van der Waals surface area contributed by atoms with Gasteiger partial charge in [0.15, 0.2) is 0 Å².